The average molecular weight is 460 g/mol. The second-order valence-corrected chi connectivity index (χ2v) is 9.92. The Balaban J connectivity index is 1.37. The predicted molar refractivity (Wildman–Crippen MR) is 113 cm³/mol. The standard InChI is InChI=1S/C22H29ClF3N3O2/c1-20(2,22(24,25)26)28-18(30)12-29-13-21(14-29)8-6-15(7-9-21)11-27-19(31)16-4-3-5-17(23)10-16/h3-5,10,15H,6-9,11-14H2,1-2H3,(H,27,31)(H,28,30). The molecule has 2 amide bonds. The molecule has 1 aliphatic heterocycles. The van der Waals surface area contributed by atoms with E-state index < -0.39 is 17.6 Å². The van der Waals surface area contributed by atoms with Crippen LogP contribution in [-0.2, 0) is 4.79 Å². The molecule has 1 aliphatic carbocycles. The molecule has 3 rings (SSSR count). The minimum absolute atomic E-state index is 0.0135. The summed E-state index contributed by atoms with van der Waals surface area (Å²) in [6.07, 6.45) is -0.527. The third-order valence-corrected chi connectivity index (χ3v) is 6.68. The minimum atomic E-state index is -4.49. The van der Waals surface area contributed by atoms with Gasteiger partial charge in [-0.25, -0.2) is 0 Å². The molecule has 172 valence electrons. The average Bonchev–Trinajstić information content (AvgIpc) is 2.64. The number of likely N-dealkylation sites (tertiary alicyclic amines) is 1. The van der Waals surface area contributed by atoms with Crippen molar-refractivity contribution in [1.29, 1.82) is 0 Å². The Labute approximate surface area is 185 Å². The maximum atomic E-state index is 12.9. The molecule has 5 nitrogen and oxygen atoms in total. The summed E-state index contributed by atoms with van der Waals surface area (Å²) in [7, 11) is 0. The number of carbonyl (C=O) groups excluding carboxylic acids is 2. The fraction of sp³-hybridized carbons (Fsp3) is 0.636. The molecule has 0 unspecified atom stereocenters. The van der Waals surface area contributed by atoms with Crippen molar-refractivity contribution in [3.63, 3.8) is 0 Å². The fourth-order valence-electron chi connectivity index (χ4n) is 4.46. The largest absolute Gasteiger partial charge is 0.410 e. The molecule has 0 aromatic heterocycles. The number of nitrogens with one attached hydrogen (secondary N) is 2. The molecule has 1 saturated heterocycles. The van der Waals surface area contributed by atoms with Gasteiger partial charge in [-0.3, -0.25) is 14.5 Å². The predicted octanol–water partition coefficient (Wildman–Crippen LogP) is 4.02. The third kappa shape index (κ3) is 5.92. The second kappa shape index (κ2) is 8.98. The lowest BCUT2D eigenvalue weighted by atomic mass is 9.66. The molecule has 9 heteroatoms. The summed E-state index contributed by atoms with van der Waals surface area (Å²) in [6.45, 7) is 3.99. The first-order valence-corrected chi connectivity index (χ1v) is 10.9. The summed E-state index contributed by atoms with van der Waals surface area (Å²) in [4.78, 5) is 26.2. The second-order valence-electron chi connectivity index (χ2n) is 9.48. The summed E-state index contributed by atoms with van der Waals surface area (Å²) in [5.74, 6) is -0.335. The van der Waals surface area contributed by atoms with E-state index in [0.717, 1.165) is 52.6 Å². The molecule has 2 fully saturated rings. The van der Waals surface area contributed by atoms with E-state index in [-0.39, 0.29) is 17.9 Å². The van der Waals surface area contributed by atoms with Crippen molar-refractivity contribution in [2.45, 2.75) is 51.2 Å². The van der Waals surface area contributed by atoms with Crippen molar-refractivity contribution in [1.82, 2.24) is 15.5 Å². The Morgan fingerprint density at radius 2 is 1.84 bits per heavy atom. The van der Waals surface area contributed by atoms with E-state index >= 15 is 0 Å². The third-order valence-electron chi connectivity index (χ3n) is 6.45. The van der Waals surface area contributed by atoms with E-state index in [1.807, 2.05) is 4.90 Å². The Bertz CT molecular complexity index is 812. The van der Waals surface area contributed by atoms with Crippen LogP contribution in [0.3, 0.4) is 0 Å². The first-order valence-electron chi connectivity index (χ1n) is 10.5. The Morgan fingerprint density at radius 1 is 1.19 bits per heavy atom. The molecule has 2 N–H and O–H groups in total. The van der Waals surface area contributed by atoms with Gasteiger partial charge in [0, 0.05) is 30.2 Å². The van der Waals surface area contributed by atoms with E-state index in [2.05, 4.69) is 10.6 Å². The number of halogens is 4. The number of nitrogens with zero attached hydrogens (tertiary/aromatic N) is 1. The van der Waals surface area contributed by atoms with Crippen LogP contribution in [0.2, 0.25) is 5.02 Å². The zero-order valence-corrected chi connectivity index (χ0v) is 18.6. The van der Waals surface area contributed by atoms with Crippen molar-refractivity contribution in [3.05, 3.63) is 34.9 Å². The number of hydrogen-bond donors (Lipinski definition) is 2. The van der Waals surface area contributed by atoms with Gasteiger partial charge < -0.3 is 10.6 Å². The lowest BCUT2D eigenvalue weighted by Crippen LogP contribution is -2.62. The van der Waals surface area contributed by atoms with Crippen LogP contribution in [-0.4, -0.2) is 54.6 Å². The summed E-state index contributed by atoms with van der Waals surface area (Å²) in [5, 5.41) is 5.58. The van der Waals surface area contributed by atoms with Gasteiger partial charge in [-0.05, 0) is 69.1 Å². The molecule has 31 heavy (non-hydrogen) atoms. The smallest absolute Gasteiger partial charge is 0.352 e. The summed E-state index contributed by atoms with van der Waals surface area (Å²) < 4.78 is 38.7. The van der Waals surface area contributed by atoms with Crippen molar-refractivity contribution in [3.8, 4) is 0 Å². The van der Waals surface area contributed by atoms with E-state index in [9.17, 15) is 22.8 Å². The molecule has 1 aromatic rings. The fourth-order valence-corrected chi connectivity index (χ4v) is 4.65. The Morgan fingerprint density at radius 3 is 2.42 bits per heavy atom. The van der Waals surface area contributed by atoms with Gasteiger partial charge in [0.1, 0.15) is 5.54 Å². The van der Waals surface area contributed by atoms with Gasteiger partial charge in [-0.15, -0.1) is 0 Å². The normalized spacial score (nSPS) is 19.7. The highest BCUT2D eigenvalue weighted by molar-refractivity contribution is 6.30. The van der Waals surface area contributed by atoms with Gasteiger partial charge in [0.2, 0.25) is 5.91 Å². The van der Waals surface area contributed by atoms with E-state index in [1.165, 1.54) is 0 Å². The lowest BCUT2D eigenvalue weighted by Gasteiger charge is -2.53. The summed E-state index contributed by atoms with van der Waals surface area (Å²) >= 11 is 5.93. The van der Waals surface area contributed by atoms with Gasteiger partial charge in [-0.2, -0.15) is 13.2 Å². The monoisotopic (exact) mass is 459 g/mol. The van der Waals surface area contributed by atoms with Crippen molar-refractivity contribution in [2.24, 2.45) is 11.3 Å². The molecular weight excluding hydrogens is 431 g/mol. The van der Waals surface area contributed by atoms with Crippen LogP contribution >= 0.6 is 11.6 Å². The van der Waals surface area contributed by atoms with Gasteiger partial charge >= 0.3 is 6.18 Å². The number of hydrogen-bond acceptors (Lipinski definition) is 3. The van der Waals surface area contributed by atoms with Crippen LogP contribution in [0.4, 0.5) is 13.2 Å². The number of benzene rings is 1. The van der Waals surface area contributed by atoms with Gasteiger partial charge in [-0.1, -0.05) is 17.7 Å². The van der Waals surface area contributed by atoms with E-state index in [0.29, 0.717) is 23.0 Å². The molecule has 0 radical (unpaired) electrons. The van der Waals surface area contributed by atoms with Gasteiger partial charge in [0.05, 0.1) is 6.54 Å². The highest BCUT2D eigenvalue weighted by Gasteiger charge is 2.49. The van der Waals surface area contributed by atoms with Crippen molar-refractivity contribution >= 4 is 23.4 Å². The van der Waals surface area contributed by atoms with E-state index in [4.69, 9.17) is 11.6 Å². The molecule has 0 bridgehead atoms. The first kappa shape index (κ1) is 23.9. The molecule has 1 spiro atoms. The number of amides is 2. The van der Waals surface area contributed by atoms with Crippen LogP contribution in [0.25, 0.3) is 0 Å². The van der Waals surface area contributed by atoms with Gasteiger partial charge in [0.15, 0.2) is 0 Å². The SMILES string of the molecule is CC(C)(NC(=O)CN1CC2(CCC(CNC(=O)c3cccc(Cl)c3)CC2)C1)C(F)(F)F. The van der Waals surface area contributed by atoms with Crippen LogP contribution in [0.1, 0.15) is 49.9 Å². The molecule has 1 heterocycles. The van der Waals surface area contributed by atoms with Crippen LogP contribution < -0.4 is 10.6 Å². The van der Waals surface area contributed by atoms with Crippen LogP contribution in [0.15, 0.2) is 24.3 Å². The van der Waals surface area contributed by atoms with Crippen molar-refractivity contribution in [2.75, 3.05) is 26.2 Å². The molecule has 1 aromatic carbocycles. The zero-order chi connectivity index (χ0) is 22.9. The van der Waals surface area contributed by atoms with Gasteiger partial charge in [0.25, 0.3) is 5.91 Å². The topological polar surface area (TPSA) is 61.4 Å². The summed E-state index contributed by atoms with van der Waals surface area (Å²) in [6, 6.07) is 6.84. The van der Waals surface area contributed by atoms with Crippen LogP contribution in [0.5, 0.6) is 0 Å². The highest BCUT2D eigenvalue weighted by atomic mass is 35.5. The Kier molecular flexibility index (Phi) is 6.91. The number of alkyl halides is 3. The number of carbonyl (C=O) groups is 2. The maximum Gasteiger partial charge on any atom is 0.410 e. The Hall–Kier alpha value is -1.80. The number of rotatable bonds is 6. The first-order chi connectivity index (χ1) is 14.4. The molecular formula is C22H29ClF3N3O2. The van der Waals surface area contributed by atoms with Crippen LogP contribution in [0, 0.1) is 11.3 Å². The molecule has 2 aliphatic rings. The van der Waals surface area contributed by atoms with E-state index in [1.54, 1.807) is 24.3 Å². The van der Waals surface area contributed by atoms with Crippen molar-refractivity contribution < 1.29 is 22.8 Å². The zero-order valence-electron chi connectivity index (χ0n) is 17.8. The highest BCUT2D eigenvalue weighted by Crippen LogP contribution is 2.45. The summed E-state index contributed by atoms with van der Waals surface area (Å²) in [5.41, 5.74) is -1.55. The lowest BCUT2D eigenvalue weighted by molar-refractivity contribution is -0.189. The minimum Gasteiger partial charge on any atom is -0.352 e. The molecule has 1 saturated carbocycles. The molecule has 0 atom stereocenters. The quantitative estimate of drug-likeness (QED) is 0.675. The maximum absolute atomic E-state index is 12.9.